The quantitative estimate of drug-likeness (QED) is 0.635. The molecule has 7 rings (SSSR count). The van der Waals surface area contributed by atoms with E-state index in [4.69, 9.17) is 4.74 Å². The Morgan fingerprint density at radius 3 is 2.23 bits per heavy atom. The molecule has 2 aromatic rings. The highest BCUT2D eigenvalue weighted by Crippen LogP contribution is 2.48. The molecule has 3 atom stereocenters. The summed E-state index contributed by atoms with van der Waals surface area (Å²) in [5.41, 5.74) is 4.80. The Balaban J connectivity index is 0.933. The van der Waals surface area contributed by atoms with Crippen molar-refractivity contribution in [2.75, 3.05) is 19.7 Å². The van der Waals surface area contributed by atoms with E-state index < -0.39 is 12.1 Å². The van der Waals surface area contributed by atoms with Gasteiger partial charge in [0.2, 0.25) is 5.91 Å². The van der Waals surface area contributed by atoms with Crippen LogP contribution in [0.2, 0.25) is 0 Å². The molecule has 4 fully saturated rings. The summed E-state index contributed by atoms with van der Waals surface area (Å²) < 4.78 is 5.60. The molecule has 2 bridgehead atoms. The third-order valence-corrected chi connectivity index (χ3v) is 8.58. The van der Waals surface area contributed by atoms with Crippen molar-refractivity contribution in [2.24, 2.45) is 23.7 Å². The fourth-order valence-corrected chi connectivity index (χ4v) is 6.72. The lowest BCUT2D eigenvalue weighted by Crippen LogP contribution is -2.46. The average molecular weight is 475 g/mol. The van der Waals surface area contributed by atoms with Gasteiger partial charge in [-0.15, -0.1) is 0 Å². The second-order valence-electron chi connectivity index (χ2n) is 10.6. The third kappa shape index (κ3) is 3.87. The largest absolute Gasteiger partial charge is 0.481 e. The fraction of sp³-hybridized carbons (Fsp3) is 0.464. The van der Waals surface area contributed by atoms with Crippen molar-refractivity contribution in [2.45, 2.75) is 37.6 Å². The minimum Gasteiger partial charge on any atom is -0.481 e. The fourth-order valence-electron chi connectivity index (χ4n) is 6.72. The molecule has 2 amide bonds. The molecule has 2 aliphatic heterocycles. The highest BCUT2D eigenvalue weighted by molar-refractivity contribution is 5.81. The zero-order valence-electron chi connectivity index (χ0n) is 19.6. The Morgan fingerprint density at radius 2 is 1.60 bits per heavy atom. The SMILES string of the molecule is O=C(NCC1CC(CC(=O)N2CC3CC2C3C(=O)O)C1)OCC1c2ccccc2-c2ccccc21. The number of carboxylic acids is 1. The number of hydrogen-bond donors (Lipinski definition) is 2. The van der Waals surface area contributed by atoms with E-state index in [0.29, 0.717) is 38.0 Å². The maximum absolute atomic E-state index is 12.7. The first-order valence-electron chi connectivity index (χ1n) is 12.6. The normalized spacial score (nSPS) is 27.9. The monoisotopic (exact) mass is 474 g/mol. The summed E-state index contributed by atoms with van der Waals surface area (Å²) in [6, 6.07) is 16.4. The van der Waals surface area contributed by atoms with Gasteiger partial charge in [0, 0.05) is 31.5 Å². The number of carboxylic acid groups (broad SMARTS) is 1. The summed E-state index contributed by atoms with van der Waals surface area (Å²) in [6.45, 7) is 1.45. The van der Waals surface area contributed by atoms with Crippen LogP contribution in [0.5, 0.6) is 0 Å². The van der Waals surface area contributed by atoms with Gasteiger partial charge in [-0.1, -0.05) is 48.5 Å². The van der Waals surface area contributed by atoms with Crippen LogP contribution < -0.4 is 5.32 Å². The molecule has 2 saturated carbocycles. The predicted octanol–water partition coefficient (Wildman–Crippen LogP) is 3.87. The van der Waals surface area contributed by atoms with E-state index in [9.17, 15) is 19.5 Å². The van der Waals surface area contributed by atoms with E-state index in [1.807, 2.05) is 24.3 Å². The van der Waals surface area contributed by atoms with Crippen molar-refractivity contribution in [1.82, 2.24) is 10.2 Å². The van der Waals surface area contributed by atoms with Gasteiger partial charge in [0.05, 0.1) is 5.92 Å². The molecule has 3 unspecified atom stereocenters. The highest BCUT2D eigenvalue weighted by Gasteiger charge is 2.57. The van der Waals surface area contributed by atoms with Crippen LogP contribution in [0.4, 0.5) is 4.79 Å². The van der Waals surface area contributed by atoms with Crippen LogP contribution in [0.3, 0.4) is 0 Å². The molecule has 3 aliphatic carbocycles. The molecule has 2 heterocycles. The molecule has 7 nitrogen and oxygen atoms in total. The minimum absolute atomic E-state index is 0.0459. The molecule has 2 aromatic carbocycles. The number of rotatable bonds is 7. The van der Waals surface area contributed by atoms with E-state index in [2.05, 4.69) is 29.6 Å². The van der Waals surface area contributed by atoms with Crippen molar-refractivity contribution < 1.29 is 24.2 Å². The lowest BCUT2D eigenvalue weighted by molar-refractivity contribution is -0.148. The van der Waals surface area contributed by atoms with Gasteiger partial charge in [-0.2, -0.15) is 0 Å². The van der Waals surface area contributed by atoms with Crippen LogP contribution >= 0.6 is 0 Å². The molecule has 2 saturated heterocycles. The van der Waals surface area contributed by atoms with Gasteiger partial charge >= 0.3 is 12.1 Å². The van der Waals surface area contributed by atoms with E-state index >= 15 is 0 Å². The molecule has 182 valence electrons. The molecular weight excluding hydrogens is 444 g/mol. The Bertz CT molecular complexity index is 1130. The van der Waals surface area contributed by atoms with Gasteiger partial charge in [-0.25, -0.2) is 4.79 Å². The van der Waals surface area contributed by atoms with Crippen molar-refractivity contribution in [1.29, 1.82) is 0 Å². The van der Waals surface area contributed by atoms with Crippen LogP contribution in [0.25, 0.3) is 11.1 Å². The number of ether oxygens (including phenoxy) is 1. The summed E-state index contributed by atoms with van der Waals surface area (Å²) >= 11 is 0. The number of fused-ring (bicyclic) bond motifs is 4. The lowest BCUT2D eigenvalue weighted by atomic mass is 9.72. The maximum Gasteiger partial charge on any atom is 0.407 e. The molecule has 2 N–H and O–H groups in total. The third-order valence-electron chi connectivity index (χ3n) is 8.58. The van der Waals surface area contributed by atoms with Crippen LogP contribution in [-0.4, -0.2) is 53.7 Å². The zero-order valence-corrected chi connectivity index (χ0v) is 19.6. The highest BCUT2D eigenvalue weighted by atomic mass is 16.5. The second-order valence-corrected chi connectivity index (χ2v) is 10.6. The van der Waals surface area contributed by atoms with Gasteiger partial charge in [0.1, 0.15) is 6.61 Å². The smallest absolute Gasteiger partial charge is 0.407 e. The Kier molecular flexibility index (Phi) is 5.50. The molecule has 0 radical (unpaired) electrons. The molecule has 0 spiro atoms. The number of alkyl carbamates (subject to hydrolysis) is 1. The van der Waals surface area contributed by atoms with Crippen LogP contribution in [0, 0.1) is 23.7 Å². The maximum atomic E-state index is 12.7. The summed E-state index contributed by atoms with van der Waals surface area (Å²) in [6.07, 6.45) is 2.72. The standard InChI is InChI=1S/C28H30N2O5/c31-25(30-14-18-12-24(30)26(18)27(32)33)11-16-9-17(10-16)13-29-28(34)35-15-23-21-7-3-1-5-19(21)20-6-2-4-8-22(20)23/h1-8,16-18,23-24,26H,9-15H2,(H,29,34)(H,32,33). The number of nitrogens with one attached hydrogen (secondary N) is 1. The Hall–Kier alpha value is -3.35. The van der Waals surface area contributed by atoms with E-state index in [1.165, 1.54) is 22.3 Å². The summed E-state index contributed by atoms with van der Waals surface area (Å²) in [5, 5.41) is 12.2. The van der Waals surface area contributed by atoms with Crippen LogP contribution in [-0.2, 0) is 14.3 Å². The molecular formula is C28H30N2O5. The number of carbonyl (C=O) groups excluding carboxylic acids is 2. The van der Waals surface area contributed by atoms with E-state index in [0.717, 1.165) is 19.3 Å². The number of hydrogen-bond acceptors (Lipinski definition) is 4. The number of nitrogens with zero attached hydrogens (tertiary/aromatic N) is 1. The number of benzene rings is 2. The van der Waals surface area contributed by atoms with Crippen molar-refractivity contribution >= 4 is 18.0 Å². The second kappa shape index (κ2) is 8.70. The molecule has 7 heteroatoms. The number of amides is 2. The minimum atomic E-state index is -0.774. The van der Waals surface area contributed by atoms with Crippen LogP contribution in [0.1, 0.15) is 42.7 Å². The Morgan fingerprint density at radius 1 is 0.943 bits per heavy atom. The molecule has 0 aromatic heterocycles. The average Bonchev–Trinajstić information content (AvgIpc) is 3.50. The number of carbonyl (C=O) groups is 3. The summed E-state index contributed by atoms with van der Waals surface area (Å²) in [4.78, 5) is 38.2. The van der Waals surface area contributed by atoms with Gasteiger partial charge in [-0.05, 0) is 59.3 Å². The predicted molar refractivity (Wildman–Crippen MR) is 129 cm³/mol. The van der Waals surface area contributed by atoms with Crippen molar-refractivity contribution in [3.05, 3.63) is 59.7 Å². The summed E-state index contributed by atoms with van der Waals surface area (Å²) in [5.74, 6) is -0.194. The first-order chi connectivity index (χ1) is 17.0. The van der Waals surface area contributed by atoms with Crippen molar-refractivity contribution in [3.8, 4) is 11.1 Å². The van der Waals surface area contributed by atoms with E-state index in [1.54, 1.807) is 4.90 Å². The molecule has 5 aliphatic rings. The van der Waals surface area contributed by atoms with Gasteiger partial charge in [-0.3, -0.25) is 9.59 Å². The van der Waals surface area contributed by atoms with Gasteiger partial charge < -0.3 is 20.1 Å². The van der Waals surface area contributed by atoms with Gasteiger partial charge in [0.25, 0.3) is 0 Å². The lowest BCUT2D eigenvalue weighted by Gasteiger charge is -2.37. The zero-order chi connectivity index (χ0) is 24.1. The topological polar surface area (TPSA) is 95.9 Å². The van der Waals surface area contributed by atoms with Crippen LogP contribution in [0.15, 0.2) is 48.5 Å². The van der Waals surface area contributed by atoms with E-state index in [-0.39, 0.29) is 29.7 Å². The first kappa shape index (κ1) is 22.1. The Labute approximate surface area is 204 Å². The van der Waals surface area contributed by atoms with Crippen molar-refractivity contribution in [3.63, 3.8) is 0 Å². The number of aliphatic carboxylic acids is 1. The molecule has 35 heavy (non-hydrogen) atoms. The first-order valence-corrected chi connectivity index (χ1v) is 12.6. The van der Waals surface area contributed by atoms with Gasteiger partial charge in [0.15, 0.2) is 0 Å². The summed E-state index contributed by atoms with van der Waals surface area (Å²) in [7, 11) is 0.